The Morgan fingerprint density at radius 3 is 2.66 bits per heavy atom. The van der Waals surface area contributed by atoms with E-state index < -0.39 is 0 Å². The minimum atomic E-state index is -0.375. The molecule has 0 bridgehead atoms. The maximum Gasteiger partial charge on any atom is 0.229 e. The summed E-state index contributed by atoms with van der Waals surface area (Å²) in [6.45, 7) is 3.52. The summed E-state index contributed by atoms with van der Waals surface area (Å²) in [5, 5.41) is 7.10. The van der Waals surface area contributed by atoms with Crippen molar-refractivity contribution < 1.29 is 9.18 Å². The summed E-state index contributed by atoms with van der Waals surface area (Å²) >= 11 is 0. The van der Waals surface area contributed by atoms with Crippen molar-refractivity contribution in [3.8, 4) is 0 Å². The summed E-state index contributed by atoms with van der Waals surface area (Å²) in [4.78, 5) is 18.2. The van der Waals surface area contributed by atoms with Gasteiger partial charge in [0.25, 0.3) is 0 Å². The molecule has 2 aliphatic heterocycles. The van der Waals surface area contributed by atoms with Crippen molar-refractivity contribution in [2.75, 3.05) is 33.2 Å². The van der Waals surface area contributed by atoms with Crippen molar-refractivity contribution in [1.29, 1.82) is 0 Å². The van der Waals surface area contributed by atoms with E-state index >= 15 is 0 Å². The summed E-state index contributed by atoms with van der Waals surface area (Å²) in [5.74, 6) is 0.543. The van der Waals surface area contributed by atoms with Crippen LogP contribution < -0.4 is 0 Å². The fraction of sp³-hybridized carbons (Fsp3) is 0.565. The zero-order chi connectivity index (χ0) is 20.3. The third kappa shape index (κ3) is 4.69. The quantitative estimate of drug-likeness (QED) is 0.841. The fourth-order valence-electron chi connectivity index (χ4n) is 4.97. The second kappa shape index (κ2) is 8.66. The van der Waals surface area contributed by atoms with E-state index in [2.05, 4.69) is 27.0 Å². The second-order valence-electron chi connectivity index (χ2n) is 8.93. The van der Waals surface area contributed by atoms with E-state index in [0.717, 1.165) is 69.5 Å². The minimum Gasteiger partial charge on any atom is -0.342 e. The molecule has 1 atom stereocenters. The number of H-pyrrole nitrogens is 1. The van der Waals surface area contributed by atoms with Crippen molar-refractivity contribution >= 4 is 5.91 Å². The van der Waals surface area contributed by atoms with Gasteiger partial charge in [0.05, 0.1) is 5.41 Å². The Bertz CT molecular complexity index is 797. The van der Waals surface area contributed by atoms with Gasteiger partial charge < -0.3 is 9.80 Å². The number of aromatic amines is 1. The molecule has 2 fully saturated rings. The lowest BCUT2D eigenvalue weighted by Crippen LogP contribution is -2.53. The van der Waals surface area contributed by atoms with Crippen LogP contribution in [0.1, 0.15) is 36.9 Å². The molecule has 2 saturated heterocycles. The molecule has 29 heavy (non-hydrogen) atoms. The van der Waals surface area contributed by atoms with E-state index in [0.29, 0.717) is 18.2 Å². The molecule has 1 amide bonds. The first-order valence-corrected chi connectivity index (χ1v) is 10.7. The van der Waals surface area contributed by atoms with Gasteiger partial charge in [0.2, 0.25) is 5.91 Å². The molecular weight excluding hydrogens is 367 g/mol. The number of aromatic nitrogens is 2. The third-order valence-electron chi connectivity index (χ3n) is 6.73. The smallest absolute Gasteiger partial charge is 0.229 e. The number of amides is 1. The number of nitrogens with zero attached hydrogens (tertiary/aromatic N) is 3. The standard InChI is InChI=1S/C23H31FN4O/c1-27-13-9-23(10-14-27,16-18-4-6-20(24)7-5-18)22(29)28-12-2-3-19(17-28)15-21-8-11-25-26-21/h4-8,11,19H,2-3,9-10,12-17H2,1H3,(H,25,26). The number of likely N-dealkylation sites (tertiary alicyclic amines) is 2. The SMILES string of the molecule is CN1CCC(Cc2ccc(F)cc2)(C(=O)N2CCCC(Cc3ccn[nH]3)C2)CC1. The fourth-order valence-corrected chi connectivity index (χ4v) is 4.97. The number of carbonyl (C=O) groups is 1. The van der Waals surface area contributed by atoms with E-state index in [4.69, 9.17) is 0 Å². The zero-order valence-electron chi connectivity index (χ0n) is 17.2. The van der Waals surface area contributed by atoms with Gasteiger partial charge in [-0.05, 0) is 88.3 Å². The molecular formula is C23H31FN4O. The minimum absolute atomic E-state index is 0.227. The summed E-state index contributed by atoms with van der Waals surface area (Å²) in [6, 6.07) is 8.70. The van der Waals surface area contributed by atoms with Crippen LogP contribution in [0.5, 0.6) is 0 Å². The van der Waals surface area contributed by atoms with Crippen LogP contribution in [0.2, 0.25) is 0 Å². The van der Waals surface area contributed by atoms with Crippen LogP contribution in [0, 0.1) is 17.2 Å². The van der Waals surface area contributed by atoms with Crippen molar-refractivity contribution in [1.82, 2.24) is 20.0 Å². The first-order chi connectivity index (χ1) is 14.0. The van der Waals surface area contributed by atoms with Crippen molar-refractivity contribution in [2.24, 2.45) is 11.3 Å². The lowest BCUT2D eigenvalue weighted by atomic mass is 9.72. The number of hydrogen-bond donors (Lipinski definition) is 1. The number of benzene rings is 1. The molecule has 5 nitrogen and oxygen atoms in total. The van der Waals surface area contributed by atoms with Crippen LogP contribution in [0.4, 0.5) is 4.39 Å². The summed E-state index contributed by atoms with van der Waals surface area (Å²) in [6.07, 6.45) is 7.35. The average molecular weight is 399 g/mol. The van der Waals surface area contributed by atoms with Crippen LogP contribution in [-0.2, 0) is 17.6 Å². The summed E-state index contributed by atoms with van der Waals surface area (Å²) < 4.78 is 13.4. The molecule has 1 aromatic carbocycles. The van der Waals surface area contributed by atoms with E-state index in [1.807, 2.05) is 18.2 Å². The van der Waals surface area contributed by atoms with E-state index in [1.54, 1.807) is 6.20 Å². The topological polar surface area (TPSA) is 52.2 Å². The molecule has 0 spiro atoms. The molecule has 6 heteroatoms. The van der Waals surface area contributed by atoms with E-state index in [1.165, 1.54) is 12.1 Å². The largest absolute Gasteiger partial charge is 0.342 e. The van der Waals surface area contributed by atoms with Gasteiger partial charge in [-0.15, -0.1) is 0 Å². The third-order valence-corrected chi connectivity index (χ3v) is 6.73. The lowest BCUT2D eigenvalue weighted by molar-refractivity contribution is -0.147. The molecule has 2 aromatic rings. The molecule has 1 unspecified atom stereocenters. The molecule has 0 saturated carbocycles. The van der Waals surface area contributed by atoms with Crippen LogP contribution in [0.15, 0.2) is 36.5 Å². The number of hydrogen-bond acceptors (Lipinski definition) is 3. The molecule has 0 radical (unpaired) electrons. The molecule has 3 heterocycles. The number of nitrogens with one attached hydrogen (secondary N) is 1. The Balaban J connectivity index is 1.50. The van der Waals surface area contributed by atoms with Crippen LogP contribution in [0.3, 0.4) is 0 Å². The van der Waals surface area contributed by atoms with Gasteiger partial charge in [-0.3, -0.25) is 9.89 Å². The Morgan fingerprint density at radius 1 is 1.21 bits per heavy atom. The van der Waals surface area contributed by atoms with Gasteiger partial charge in [-0.1, -0.05) is 12.1 Å². The van der Waals surface area contributed by atoms with Crippen LogP contribution in [-0.4, -0.2) is 59.1 Å². The predicted molar refractivity (Wildman–Crippen MR) is 111 cm³/mol. The Hall–Kier alpha value is -2.21. The highest BCUT2D eigenvalue weighted by Gasteiger charge is 2.44. The first kappa shape index (κ1) is 20.1. The molecule has 4 rings (SSSR count). The zero-order valence-corrected chi connectivity index (χ0v) is 17.2. The Morgan fingerprint density at radius 2 is 1.97 bits per heavy atom. The highest BCUT2D eigenvalue weighted by Crippen LogP contribution is 2.38. The molecule has 1 N–H and O–H groups in total. The molecule has 0 aliphatic carbocycles. The molecule has 156 valence electrons. The number of halogens is 1. The van der Waals surface area contributed by atoms with Gasteiger partial charge >= 0.3 is 0 Å². The van der Waals surface area contributed by atoms with Crippen molar-refractivity contribution in [2.45, 2.75) is 38.5 Å². The van der Waals surface area contributed by atoms with E-state index in [-0.39, 0.29) is 11.2 Å². The van der Waals surface area contributed by atoms with Gasteiger partial charge in [0.15, 0.2) is 0 Å². The monoisotopic (exact) mass is 398 g/mol. The first-order valence-electron chi connectivity index (χ1n) is 10.7. The van der Waals surface area contributed by atoms with Gasteiger partial charge in [-0.25, -0.2) is 4.39 Å². The molecule has 1 aromatic heterocycles. The normalized spacial score (nSPS) is 22.6. The van der Waals surface area contributed by atoms with Crippen molar-refractivity contribution in [3.05, 3.63) is 53.6 Å². The number of piperidine rings is 2. The molecule has 2 aliphatic rings. The highest BCUT2D eigenvalue weighted by molar-refractivity contribution is 5.83. The summed E-state index contributed by atoms with van der Waals surface area (Å²) in [7, 11) is 2.12. The van der Waals surface area contributed by atoms with Crippen LogP contribution in [0.25, 0.3) is 0 Å². The Kier molecular flexibility index (Phi) is 5.99. The van der Waals surface area contributed by atoms with Crippen molar-refractivity contribution in [3.63, 3.8) is 0 Å². The van der Waals surface area contributed by atoms with Crippen LogP contribution >= 0.6 is 0 Å². The predicted octanol–water partition coefficient (Wildman–Crippen LogP) is 3.28. The highest BCUT2D eigenvalue weighted by atomic mass is 19.1. The summed E-state index contributed by atoms with van der Waals surface area (Å²) in [5.41, 5.74) is 1.82. The van der Waals surface area contributed by atoms with Gasteiger partial charge in [-0.2, -0.15) is 5.10 Å². The number of carbonyl (C=O) groups excluding carboxylic acids is 1. The maximum absolute atomic E-state index is 13.8. The van der Waals surface area contributed by atoms with E-state index in [9.17, 15) is 9.18 Å². The van der Waals surface area contributed by atoms with Gasteiger partial charge in [0.1, 0.15) is 5.82 Å². The average Bonchev–Trinajstić information content (AvgIpc) is 3.24. The lowest BCUT2D eigenvalue weighted by Gasteiger charge is -2.44. The second-order valence-corrected chi connectivity index (χ2v) is 8.93. The van der Waals surface area contributed by atoms with Gasteiger partial charge in [0, 0.05) is 25.0 Å². The number of rotatable bonds is 5. The Labute approximate surface area is 172 Å². The maximum atomic E-state index is 13.8.